The number of carbonyl (C=O) groups excluding carboxylic acids is 1. The van der Waals surface area contributed by atoms with E-state index in [1.54, 1.807) is 24.3 Å². The number of halogens is 2. The molecule has 4 nitrogen and oxygen atoms in total. The molecular formula is C15H16F2N2O2. The molecule has 1 amide bonds. The zero-order valence-electron chi connectivity index (χ0n) is 11.4. The quantitative estimate of drug-likeness (QED) is 0.926. The van der Waals surface area contributed by atoms with Gasteiger partial charge in [0.2, 0.25) is 11.8 Å². The highest BCUT2D eigenvalue weighted by atomic mass is 19.3. The van der Waals surface area contributed by atoms with Gasteiger partial charge in [0, 0.05) is 18.8 Å². The zero-order valence-corrected chi connectivity index (χ0v) is 11.4. The van der Waals surface area contributed by atoms with E-state index < -0.39 is 11.8 Å². The molecule has 0 aliphatic heterocycles. The third kappa shape index (κ3) is 4.15. The maximum Gasteiger partial charge on any atom is 0.248 e. The van der Waals surface area contributed by atoms with Gasteiger partial charge in [-0.15, -0.1) is 0 Å². The number of nitriles is 1. The molecule has 6 heteroatoms. The van der Waals surface area contributed by atoms with Crippen LogP contribution in [0.3, 0.4) is 0 Å². The second-order valence-electron chi connectivity index (χ2n) is 5.06. The Balaban J connectivity index is 1.99. The van der Waals surface area contributed by atoms with Crippen molar-refractivity contribution in [2.75, 3.05) is 11.9 Å². The molecule has 0 heterocycles. The highest BCUT2D eigenvalue weighted by Gasteiger charge is 2.37. The minimum Gasteiger partial charge on any atom is -0.477 e. The summed E-state index contributed by atoms with van der Waals surface area (Å²) in [7, 11) is 0. The second-order valence-corrected chi connectivity index (χ2v) is 5.06. The van der Waals surface area contributed by atoms with Crippen molar-refractivity contribution in [3.63, 3.8) is 0 Å². The summed E-state index contributed by atoms with van der Waals surface area (Å²) >= 11 is 0. The molecule has 0 aromatic heterocycles. The summed E-state index contributed by atoms with van der Waals surface area (Å²) in [4.78, 5) is 12.1. The molecule has 0 unspecified atom stereocenters. The Kier molecular flexibility index (Phi) is 4.73. The lowest BCUT2D eigenvalue weighted by atomic mass is 9.86. The number of ether oxygens (including phenoxy) is 1. The van der Waals surface area contributed by atoms with Crippen LogP contribution in [-0.4, -0.2) is 18.4 Å². The Labute approximate surface area is 121 Å². The van der Waals surface area contributed by atoms with Gasteiger partial charge in [0.15, 0.2) is 6.61 Å². The van der Waals surface area contributed by atoms with Crippen LogP contribution in [-0.2, 0) is 4.79 Å². The maximum atomic E-state index is 13.1. The summed E-state index contributed by atoms with van der Waals surface area (Å²) in [5.74, 6) is -2.94. The number of carbonyl (C=O) groups is 1. The van der Waals surface area contributed by atoms with Crippen LogP contribution in [0.4, 0.5) is 14.5 Å². The number of nitrogens with one attached hydrogen (secondary N) is 1. The van der Waals surface area contributed by atoms with Gasteiger partial charge in [0.25, 0.3) is 0 Å². The van der Waals surface area contributed by atoms with E-state index in [-0.39, 0.29) is 38.2 Å². The molecule has 1 aliphatic carbocycles. The first-order valence-electron chi connectivity index (χ1n) is 6.79. The fourth-order valence-electron chi connectivity index (χ4n) is 2.34. The number of rotatable bonds is 4. The molecule has 21 heavy (non-hydrogen) atoms. The number of nitrogens with zero attached hydrogens (tertiary/aromatic N) is 1. The normalized spacial score (nSPS) is 17.8. The van der Waals surface area contributed by atoms with Crippen molar-refractivity contribution in [1.29, 1.82) is 5.26 Å². The fourth-order valence-corrected chi connectivity index (χ4v) is 2.34. The van der Waals surface area contributed by atoms with Crippen molar-refractivity contribution in [2.24, 2.45) is 5.92 Å². The monoisotopic (exact) mass is 294 g/mol. The van der Waals surface area contributed by atoms with E-state index in [2.05, 4.69) is 5.32 Å². The Morgan fingerprint density at radius 3 is 2.71 bits per heavy atom. The van der Waals surface area contributed by atoms with E-state index in [9.17, 15) is 13.6 Å². The first kappa shape index (κ1) is 15.2. The molecule has 1 aromatic carbocycles. The second kappa shape index (κ2) is 6.53. The van der Waals surface area contributed by atoms with Gasteiger partial charge in [-0.1, -0.05) is 12.1 Å². The van der Waals surface area contributed by atoms with Crippen molar-refractivity contribution >= 4 is 11.6 Å². The molecule has 1 fully saturated rings. The SMILES string of the molecule is N#CCOc1ccccc1NC(=O)C1CCC(F)(F)CC1. The number of anilines is 1. The van der Waals surface area contributed by atoms with Crippen molar-refractivity contribution in [2.45, 2.75) is 31.6 Å². The van der Waals surface area contributed by atoms with Crippen LogP contribution >= 0.6 is 0 Å². The molecule has 1 aromatic rings. The molecule has 1 aliphatic rings. The fraction of sp³-hybridized carbons (Fsp3) is 0.467. The first-order valence-corrected chi connectivity index (χ1v) is 6.79. The third-order valence-corrected chi connectivity index (χ3v) is 3.53. The number of hydrogen-bond donors (Lipinski definition) is 1. The first-order chi connectivity index (χ1) is 10.0. The van der Waals surface area contributed by atoms with Gasteiger partial charge in [0.1, 0.15) is 11.8 Å². The van der Waals surface area contributed by atoms with Crippen LogP contribution in [0.25, 0.3) is 0 Å². The number of amides is 1. The molecule has 0 spiro atoms. The van der Waals surface area contributed by atoms with Crippen LogP contribution in [0, 0.1) is 17.2 Å². The van der Waals surface area contributed by atoms with Crippen LogP contribution in [0.5, 0.6) is 5.75 Å². The van der Waals surface area contributed by atoms with Crippen LogP contribution in [0.1, 0.15) is 25.7 Å². The van der Waals surface area contributed by atoms with Gasteiger partial charge in [-0.2, -0.15) is 5.26 Å². The Bertz CT molecular complexity index is 545. The van der Waals surface area contributed by atoms with E-state index in [0.717, 1.165) is 0 Å². The average Bonchev–Trinajstić information content (AvgIpc) is 2.46. The number of para-hydroxylation sites is 2. The Morgan fingerprint density at radius 1 is 1.38 bits per heavy atom. The van der Waals surface area contributed by atoms with Crippen molar-refractivity contribution in [1.82, 2.24) is 0 Å². The number of benzene rings is 1. The van der Waals surface area contributed by atoms with E-state index >= 15 is 0 Å². The van der Waals surface area contributed by atoms with E-state index in [4.69, 9.17) is 10.00 Å². The number of hydrogen-bond acceptors (Lipinski definition) is 3. The molecule has 0 saturated heterocycles. The number of alkyl halides is 2. The van der Waals surface area contributed by atoms with Gasteiger partial charge in [0.05, 0.1) is 5.69 Å². The molecule has 1 N–H and O–H groups in total. The van der Waals surface area contributed by atoms with Crippen molar-refractivity contribution in [3.8, 4) is 11.8 Å². The van der Waals surface area contributed by atoms with Crippen LogP contribution < -0.4 is 10.1 Å². The zero-order chi connectivity index (χ0) is 15.3. The molecule has 0 radical (unpaired) electrons. The van der Waals surface area contributed by atoms with Gasteiger partial charge >= 0.3 is 0 Å². The lowest BCUT2D eigenvalue weighted by Crippen LogP contribution is -2.31. The smallest absolute Gasteiger partial charge is 0.248 e. The van der Waals surface area contributed by atoms with Gasteiger partial charge in [-0.3, -0.25) is 4.79 Å². The van der Waals surface area contributed by atoms with Crippen LogP contribution in [0.2, 0.25) is 0 Å². The average molecular weight is 294 g/mol. The molecule has 1 saturated carbocycles. The minimum absolute atomic E-state index is 0.122. The lowest BCUT2D eigenvalue weighted by Gasteiger charge is -2.27. The molecule has 0 bridgehead atoms. The molecule has 112 valence electrons. The topological polar surface area (TPSA) is 62.1 Å². The van der Waals surface area contributed by atoms with E-state index in [1.165, 1.54) is 0 Å². The highest BCUT2D eigenvalue weighted by Crippen LogP contribution is 2.37. The summed E-state index contributed by atoms with van der Waals surface area (Å²) in [6.07, 6.45) is -0.143. The summed E-state index contributed by atoms with van der Waals surface area (Å²) in [6.45, 7) is -0.122. The summed E-state index contributed by atoms with van der Waals surface area (Å²) in [5.41, 5.74) is 0.454. The summed E-state index contributed by atoms with van der Waals surface area (Å²) < 4.78 is 31.4. The Hall–Kier alpha value is -2.16. The summed E-state index contributed by atoms with van der Waals surface area (Å²) in [6, 6.07) is 8.60. The van der Waals surface area contributed by atoms with Crippen molar-refractivity contribution in [3.05, 3.63) is 24.3 Å². The molecular weight excluding hydrogens is 278 g/mol. The molecule has 2 rings (SSSR count). The molecule has 0 atom stereocenters. The minimum atomic E-state index is -2.65. The maximum absolute atomic E-state index is 13.1. The Morgan fingerprint density at radius 2 is 2.05 bits per heavy atom. The van der Waals surface area contributed by atoms with Gasteiger partial charge < -0.3 is 10.1 Å². The van der Waals surface area contributed by atoms with E-state index in [0.29, 0.717) is 11.4 Å². The van der Waals surface area contributed by atoms with Gasteiger partial charge in [-0.05, 0) is 25.0 Å². The van der Waals surface area contributed by atoms with E-state index in [1.807, 2.05) is 6.07 Å². The largest absolute Gasteiger partial charge is 0.477 e. The van der Waals surface area contributed by atoms with Gasteiger partial charge in [-0.25, -0.2) is 8.78 Å². The standard InChI is InChI=1S/C15H16F2N2O2/c16-15(17)7-5-11(6-8-15)14(20)19-12-3-1-2-4-13(12)21-10-9-18/h1-4,11H,5-8,10H2,(H,19,20). The highest BCUT2D eigenvalue weighted by molar-refractivity contribution is 5.94. The third-order valence-electron chi connectivity index (χ3n) is 3.53. The lowest BCUT2D eigenvalue weighted by molar-refractivity contribution is -0.124. The predicted octanol–water partition coefficient (Wildman–Crippen LogP) is 3.35. The van der Waals surface area contributed by atoms with Crippen molar-refractivity contribution < 1.29 is 18.3 Å². The van der Waals surface area contributed by atoms with Crippen LogP contribution in [0.15, 0.2) is 24.3 Å². The summed E-state index contributed by atoms with van der Waals surface area (Å²) in [5, 5.41) is 11.2. The predicted molar refractivity (Wildman–Crippen MR) is 73.1 cm³/mol.